The topological polar surface area (TPSA) is 93.8 Å². The fraction of sp³-hybridized carbons (Fsp3) is 0.450. The van der Waals surface area contributed by atoms with E-state index in [1.807, 2.05) is 4.90 Å². The molecule has 8 nitrogen and oxygen atoms in total. The van der Waals surface area contributed by atoms with E-state index >= 15 is 0 Å². The first kappa shape index (κ1) is 19.6. The maximum absolute atomic E-state index is 12.3. The fourth-order valence-corrected chi connectivity index (χ4v) is 4.27. The third-order valence-corrected chi connectivity index (χ3v) is 5.75. The number of piperazine rings is 1. The molecular formula is C20H24ClN5O3. The van der Waals surface area contributed by atoms with Crippen LogP contribution in [-0.2, 0) is 4.79 Å². The van der Waals surface area contributed by atoms with Gasteiger partial charge >= 0.3 is 0 Å². The average Bonchev–Trinajstić information content (AvgIpc) is 2.76. The highest BCUT2D eigenvalue weighted by Gasteiger charge is 2.36. The van der Waals surface area contributed by atoms with Crippen molar-refractivity contribution >= 4 is 40.2 Å². The Morgan fingerprint density at radius 1 is 1.24 bits per heavy atom. The first-order chi connectivity index (χ1) is 14.1. The summed E-state index contributed by atoms with van der Waals surface area (Å²) >= 11 is 5.82. The molecule has 1 amide bonds. The van der Waals surface area contributed by atoms with Crippen LogP contribution in [0.5, 0.6) is 11.5 Å². The van der Waals surface area contributed by atoms with E-state index in [-0.39, 0.29) is 17.8 Å². The number of rotatable bonds is 4. The molecule has 2 heterocycles. The van der Waals surface area contributed by atoms with Crippen molar-refractivity contribution in [1.29, 1.82) is 0 Å². The van der Waals surface area contributed by atoms with Gasteiger partial charge in [0.05, 0.1) is 25.8 Å². The molecule has 0 radical (unpaired) electrons. The second-order valence-corrected chi connectivity index (χ2v) is 7.35. The Bertz CT molecular complexity index is 980. The van der Waals surface area contributed by atoms with Gasteiger partial charge in [-0.1, -0.05) is 6.08 Å². The molecule has 0 bridgehead atoms. The number of halogens is 1. The number of anilines is 2. The molecule has 29 heavy (non-hydrogen) atoms. The molecule has 1 aliphatic carbocycles. The van der Waals surface area contributed by atoms with Gasteiger partial charge in [-0.25, -0.2) is 4.98 Å². The number of fused-ring (bicyclic) bond motifs is 2. The van der Waals surface area contributed by atoms with Crippen LogP contribution in [0.15, 0.2) is 23.9 Å². The highest BCUT2D eigenvalue weighted by molar-refractivity contribution is 6.27. The minimum absolute atomic E-state index is 0.00493. The number of carbonyl (C=O) groups is 1. The van der Waals surface area contributed by atoms with Crippen molar-refractivity contribution in [3.8, 4) is 11.5 Å². The largest absolute Gasteiger partial charge is 0.493 e. The van der Waals surface area contributed by atoms with Crippen molar-refractivity contribution in [2.24, 2.45) is 0 Å². The van der Waals surface area contributed by atoms with E-state index in [4.69, 9.17) is 31.8 Å². The maximum Gasteiger partial charge on any atom is 0.238 e. The van der Waals surface area contributed by atoms with E-state index < -0.39 is 0 Å². The summed E-state index contributed by atoms with van der Waals surface area (Å²) in [7, 11) is 3.16. The smallest absolute Gasteiger partial charge is 0.238 e. The van der Waals surface area contributed by atoms with Gasteiger partial charge in [0.2, 0.25) is 11.9 Å². The number of allylic oxidation sites excluding steroid dienone is 1. The van der Waals surface area contributed by atoms with Gasteiger partial charge in [0, 0.05) is 30.2 Å². The summed E-state index contributed by atoms with van der Waals surface area (Å²) in [4.78, 5) is 25.5. The second kappa shape index (κ2) is 7.94. The lowest BCUT2D eigenvalue weighted by molar-refractivity contribution is -0.130. The van der Waals surface area contributed by atoms with E-state index in [0.717, 1.165) is 25.0 Å². The highest BCUT2D eigenvalue weighted by atomic mass is 35.5. The van der Waals surface area contributed by atoms with Crippen LogP contribution in [0.1, 0.15) is 19.3 Å². The number of carbonyl (C=O) groups excluding carboxylic acids is 1. The van der Waals surface area contributed by atoms with Gasteiger partial charge in [-0.3, -0.25) is 4.79 Å². The highest BCUT2D eigenvalue weighted by Crippen LogP contribution is 2.36. The van der Waals surface area contributed by atoms with Crippen LogP contribution in [-0.4, -0.2) is 60.0 Å². The molecule has 1 aromatic heterocycles. The van der Waals surface area contributed by atoms with Gasteiger partial charge in [-0.15, -0.1) is 11.6 Å². The average molecular weight is 418 g/mol. The molecule has 1 aromatic carbocycles. The van der Waals surface area contributed by atoms with Gasteiger partial charge in [0.1, 0.15) is 11.7 Å². The van der Waals surface area contributed by atoms with Crippen molar-refractivity contribution in [1.82, 2.24) is 14.9 Å². The monoisotopic (exact) mass is 417 g/mol. The molecule has 1 aliphatic heterocycles. The number of ether oxygens (including phenoxy) is 2. The summed E-state index contributed by atoms with van der Waals surface area (Å²) in [5.74, 6) is 2.00. The SMILES string of the molecule is COc1cc2nc(N3CCN(C(=O)CCl)C4CCCC=C43)nc(N)c2cc1OC. The summed E-state index contributed by atoms with van der Waals surface area (Å²) in [6, 6.07) is 3.58. The van der Waals surface area contributed by atoms with Crippen LogP contribution in [0.2, 0.25) is 0 Å². The third-order valence-electron chi connectivity index (χ3n) is 5.52. The van der Waals surface area contributed by atoms with Gasteiger partial charge < -0.3 is 25.0 Å². The second-order valence-electron chi connectivity index (χ2n) is 7.08. The minimum atomic E-state index is -0.0418. The van der Waals surface area contributed by atoms with Crippen molar-refractivity contribution in [2.45, 2.75) is 25.3 Å². The Balaban J connectivity index is 1.76. The molecule has 1 unspecified atom stereocenters. The molecule has 2 aromatic rings. The number of amides is 1. The van der Waals surface area contributed by atoms with Gasteiger partial charge in [0.15, 0.2) is 11.5 Å². The Morgan fingerprint density at radius 3 is 2.72 bits per heavy atom. The van der Waals surface area contributed by atoms with Gasteiger partial charge in [-0.05, 0) is 25.3 Å². The van der Waals surface area contributed by atoms with Crippen LogP contribution in [0.3, 0.4) is 0 Å². The van der Waals surface area contributed by atoms with E-state index in [2.05, 4.69) is 16.0 Å². The zero-order valence-corrected chi connectivity index (χ0v) is 17.3. The van der Waals surface area contributed by atoms with Crippen molar-refractivity contribution in [2.75, 3.05) is 43.8 Å². The molecule has 0 saturated carbocycles. The number of nitrogen functional groups attached to an aromatic ring is 1. The maximum atomic E-state index is 12.3. The Kier molecular flexibility index (Phi) is 5.36. The van der Waals surface area contributed by atoms with Gasteiger partial charge in [-0.2, -0.15) is 4.98 Å². The fourth-order valence-electron chi connectivity index (χ4n) is 4.12. The quantitative estimate of drug-likeness (QED) is 0.764. The predicted octanol–water partition coefficient (Wildman–Crippen LogP) is 2.55. The lowest BCUT2D eigenvalue weighted by Gasteiger charge is -2.45. The number of nitrogens with two attached hydrogens (primary N) is 1. The van der Waals surface area contributed by atoms with Crippen LogP contribution in [0.4, 0.5) is 11.8 Å². The van der Waals surface area contributed by atoms with Crippen molar-refractivity contribution in [3.63, 3.8) is 0 Å². The number of hydrogen-bond acceptors (Lipinski definition) is 7. The molecule has 154 valence electrons. The molecule has 2 N–H and O–H groups in total. The third kappa shape index (κ3) is 3.42. The molecule has 1 atom stereocenters. The van der Waals surface area contributed by atoms with E-state index in [1.165, 1.54) is 0 Å². The molecule has 2 aliphatic rings. The summed E-state index contributed by atoms with van der Waals surface area (Å²) < 4.78 is 10.8. The zero-order valence-electron chi connectivity index (χ0n) is 16.5. The Labute approximate surface area is 174 Å². The first-order valence-corrected chi connectivity index (χ1v) is 10.1. The zero-order chi connectivity index (χ0) is 20.5. The minimum Gasteiger partial charge on any atom is -0.493 e. The molecular weight excluding hydrogens is 394 g/mol. The van der Waals surface area contributed by atoms with Crippen LogP contribution >= 0.6 is 11.6 Å². The lowest BCUT2D eigenvalue weighted by atomic mass is 9.94. The van der Waals surface area contributed by atoms with Crippen LogP contribution < -0.4 is 20.1 Å². The van der Waals surface area contributed by atoms with Crippen molar-refractivity contribution in [3.05, 3.63) is 23.9 Å². The molecule has 1 fully saturated rings. The van der Waals surface area contributed by atoms with Crippen LogP contribution in [0, 0.1) is 0 Å². The van der Waals surface area contributed by atoms with E-state index in [0.29, 0.717) is 47.3 Å². The number of aromatic nitrogens is 2. The number of alkyl halides is 1. The number of hydrogen-bond donors (Lipinski definition) is 1. The normalized spacial score (nSPS) is 19.0. The first-order valence-electron chi connectivity index (χ1n) is 9.59. The number of nitrogens with zero attached hydrogens (tertiary/aromatic N) is 4. The predicted molar refractivity (Wildman–Crippen MR) is 113 cm³/mol. The van der Waals surface area contributed by atoms with Crippen LogP contribution in [0.25, 0.3) is 10.9 Å². The van der Waals surface area contributed by atoms with Crippen molar-refractivity contribution < 1.29 is 14.3 Å². The molecule has 0 spiro atoms. The lowest BCUT2D eigenvalue weighted by Crippen LogP contribution is -2.55. The summed E-state index contributed by atoms with van der Waals surface area (Å²) in [6.07, 6.45) is 5.06. The molecule has 9 heteroatoms. The van der Waals surface area contributed by atoms with Gasteiger partial charge in [0.25, 0.3) is 0 Å². The summed E-state index contributed by atoms with van der Waals surface area (Å²) in [5, 5.41) is 0.705. The van der Waals surface area contributed by atoms with E-state index in [1.54, 1.807) is 26.4 Å². The van der Waals surface area contributed by atoms with E-state index in [9.17, 15) is 4.79 Å². The molecule has 1 saturated heterocycles. The summed E-state index contributed by atoms with van der Waals surface area (Å²) in [6.45, 7) is 1.16. The number of benzene rings is 1. The molecule has 4 rings (SSSR count). The summed E-state index contributed by atoms with van der Waals surface area (Å²) in [5.41, 5.74) is 7.99. The Hall–Kier alpha value is -2.74. The number of methoxy groups -OCH3 is 2. The Morgan fingerprint density at radius 2 is 2.00 bits per heavy atom. The standard InChI is InChI=1S/C20H24ClN5O3/c1-28-16-9-12-13(10-17(16)29-2)23-20(24-19(12)22)26-8-7-25(18(27)11-21)14-5-3-4-6-15(14)26/h6,9-10,14H,3-5,7-8,11H2,1-2H3,(H2,22,23,24).